The van der Waals surface area contributed by atoms with Gasteiger partial charge in [0.15, 0.2) is 0 Å². The van der Waals surface area contributed by atoms with Gasteiger partial charge in [-0.15, -0.1) is 0 Å². The molecule has 14 heavy (non-hydrogen) atoms. The summed E-state index contributed by atoms with van der Waals surface area (Å²) in [6, 6.07) is 11.8. The molecule has 1 aromatic rings. The number of hydrogen-bond acceptors (Lipinski definition) is 1. The fourth-order valence-corrected chi connectivity index (χ4v) is 3.22. The summed E-state index contributed by atoms with van der Waals surface area (Å²) in [5.74, 6) is 1.74. The quantitative estimate of drug-likeness (QED) is 0.712. The number of fused-ring (bicyclic) bond motifs is 1. The SMILES string of the molecule is c1ccc(C2CCC3CCNC32)cc1. The Bertz CT molecular complexity index is 306. The summed E-state index contributed by atoms with van der Waals surface area (Å²) in [4.78, 5) is 0. The maximum Gasteiger partial charge on any atom is 0.0164 e. The van der Waals surface area contributed by atoms with Gasteiger partial charge in [0.2, 0.25) is 0 Å². The molecule has 74 valence electrons. The summed E-state index contributed by atoms with van der Waals surface area (Å²) in [6.45, 7) is 1.23. The molecule has 1 heterocycles. The summed E-state index contributed by atoms with van der Waals surface area (Å²) in [7, 11) is 0. The minimum absolute atomic E-state index is 0.775. The van der Waals surface area contributed by atoms with Crippen molar-refractivity contribution >= 4 is 0 Å². The maximum atomic E-state index is 3.67. The molecule has 1 heteroatoms. The molecule has 0 aromatic heterocycles. The van der Waals surface area contributed by atoms with Crippen LogP contribution in [0.25, 0.3) is 0 Å². The van der Waals surface area contributed by atoms with E-state index in [1.54, 1.807) is 0 Å². The van der Waals surface area contributed by atoms with Crippen molar-refractivity contribution in [3.8, 4) is 0 Å². The molecule has 1 saturated carbocycles. The number of hydrogen-bond donors (Lipinski definition) is 1. The predicted molar refractivity (Wildman–Crippen MR) is 58.3 cm³/mol. The van der Waals surface area contributed by atoms with Gasteiger partial charge >= 0.3 is 0 Å². The summed E-state index contributed by atoms with van der Waals surface area (Å²) in [5.41, 5.74) is 1.54. The van der Waals surface area contributed by atoms with Gasteiger partial charge in [0.25, 0.3) is 0 Å². The Kier molecular flexibility index (Phi) is 2.06. The monoisotopic (exact) mass is 187 g/mol. The lowest BCUT2D eigenvalue weighted by Gasteiger charge is -2.19. The molecule has 2 fully saturated rings. The summed E-state index contributed by atoms with van der Waals surface area (Å²) in [6.07, 6.45) is 4.21. The summed E-state index contributed by atoms with van der Waals surface area (Å²) >= 11 is 0. The van der Waals surface area contributed by atoms with Crippen molar-refractivity contribution < 1.29 is 0 Å². The minimum Gasteiger partial charge on any atom is -0.313 e. The second-order valence-electron chi connectivity index (χ2n) is 4.62. The van der Waals surface area contributed by atoms with E-state index in [0.717, 1.165) is 17.9 Å². The van der Waals surface area contributed by atoms with Crippen molar-refractivity contribution in [2.45, 2.75) is 31.2 Å². The fraction of sp³-hybridized carbons (Fsp3) is 0.538. The van der Waals surface area contributed by atoms with Crippen LogP contribution in [0.4, 0.5) is 0 Å². The first kappa shape index (κ1) is 8.49. The van der Waals surface area contributed by atoms with Gasteiger partial charge < -0.3 is 5.32 Å². The lowest BCUT2D eigenvalue weighted by molar-refractivity contribution is 0.486. The fourth-order valence-electron chi connectivity index (χ4n) is 3.22. The van der Waals surface area contributed by atoms with Crippen molar-refractivity contribution in [2.75, 3.05) is 6.54 Å². The molecular weight excluding hydrogens is 170 g/mol. The molecule has 1 aliphatic carbocycles. The predicted octanol–water partition coefficient (Wildman–Crippen LogP) is 2.54. The van der Waals surface area contributed by atoms with E-state index in [9.17, 15) is 0 Å². The van der Waals surface area contributed by atoms with Crippen LogP contribution in [-0.4, -0.2) is 12.6 Å². The van der Waals surface area contributed by atoms with E-state index < -0.39 is 0 Å². The van der Waals surface area contributed by atoms with Crippen LogP contribution in [0.3, 0.4) is 0 Å². The van der Waals surface area contributed by atoms with Gasteiger partial charge in [-0.3, -0.25) is 0 Å². The lowest BCUT2D eigenvalue weighted by atomic mass is 9.92. The van der Waals surface area contributed by atoms with Gasteiger partial charge in [-0.2, -0.15) is 0 Å². The molecule has 0 radical (unpaired) electrons. The summed E-state index contributed by atoms with van der Waals surface area (Å²) < 4.78 is 0. The van der Waals surface area contributed by atoms with Gasteiger partial charge in [-0.1, -0.05) is 30.3 Å². The highest BCUT2D eigenvalue weighted by molar-refractivity contribution is 5.24. The zero-order chi connectivity index (χ0) is 9.38. The maximum absolute atomic E-state index is 3.67. The van der Waals surface area contributed by atoms with Crippen LogP contribution in [-0.2, 0) is 0 Å². The smallest absolute Gasteiger partial charge is 0.0164 e. The molecule has 3 unspecified atom stereocenters. The molecule has 1 N–H and O–H groups in total. The van der Waals surface area contributed by atoms with Gasteiger partial charge in [0.1, 0.15) is 0 Å². The second-order valence-corrected chi connectivity index (χ2v) is 4.62. The molecule has 1 saturated heterocycles. The van der Waals surface area contributed by atoms with Crippen LogP contribution < -0.4 is 5.32 Å². The Hall–Kier alpha value is -0.820. The van der Waals surface area contributed by atoms with Crippen LogP contribution in [0.15, 0.2) is 30.3 Å². The molecule has 0 bridgehead atoms. The number of benzene rings is 1. The van der Waals surface area contributed by atoms with Crippen LogP contribution in [0.1, 0.15) is 30.7 Å². The van der Waals surface area contributed by atoms with E-state index in [2.05, 4.69) is 35.6 Å². The van der Waals surface area contributed by atoms with Crippen molar-refractivity contribution in [3.05, 3.63) is 35.9 Å². The zero-order valence-corrected chi connectivity index (χ0v) is 8.45. The van der Waals surface area contributed by atoms with E-state index in [4.69, 9.17) is 0 Å². The second kappa shape index (κ2) is 3.39. The molecule has 0 spiro atoms. The van der Waals surface area contributed by atoms with Crippen LogP contribution in [0.2, 0.25) is 0 Å². The van der Waals surface area contributed by atoms with Gasteiger partial charge in [0.05, 0.1) is 0 Å². The topological polar surface area (TPSA) is 12.0 Å². The average molecular weight is 187 g/mol. The molecule has 3 atom stereocenters. The van der Waals surface area contributed by atoms with Gasteiger partial charge in [0, 0.05) is 6.04 Å². The number of nitrogens with one attached hydrogen (secondary N) is 1. The molecule has 1 aliphatic heterocycles. The zero-order valence-electron chi connectivity index (χ0n) is 8.45. The molecule has 2 aliphatic rings. The highest BCUT2D eigenvalue weighted by Gasteiger charge is 2.39. The first-order chi connectivity index (χ1) is 6.95. The van der Waals surface area contributed by atoms with Crippen molar-refractivity contribution in [1.29, 1.82) is 0 Å². The number of rotatable bonds is 1. The van der Waals surface area contributed by atoms with Gasteiger partial charge in [-0.05, 0) is 43.2 Å². The molecule has 0 amide bonds. The van der Waals surface area contributed by atoms with E-state index in [1.165, 1.54) is 31.4 Å². The van der Waals surface area contributed by atoms with Crippen LogP contribution in [0, 0.1) is 5.92 Å². The highest BCUT2D eigenvalue weighted by Crippen LogP contribution is 2.42. The first-order valence-corrected chi connectivity index (χ1v) is 5.73. The third-order valence-corrected chi connectivity index (χ3v) is 3.91. The molecule has 1 aromatic carbocycles. The first-order valence-electron chi connectivity index (χ1n) is 5.73. The average Bonchev–Trinajstić information content (AvgIpc) is 2.79. The van der Waals surface area contributed by atoms with Crippen molar-refractivity contribution in [1.82, 2.24) is 5.32 Å². The van der Waals surface area contributed by atoms with Crippen molar-refractivity contribution in [2.24, 2.45) is 5.92 Å². The summed E-state index contributed by atoms with van der Waals surface area (Å²) in [5, 5.41) is 3.67. The normalized spacial score (nSPS) is 35.9. The van der Waals surface area contributed by atoms with Crippen molar-refractivity contribution in [3.63, 3.8) is 0 Å². The van der Waals surface area contributed by atoms with Gasteiger partial charge in [-0.25, -0.2) is 0 Å². The third-order valence-electron chi connectivity index (χ3n) is 3.91. The Balaban J connectivity index is 1.86. The highest BCUT2D eigenvalue weighted by atomic mass is 15.0. The van der Waals surface area contributed by atoms with E-state index in [1.807, 2.05) is 0 Å². The van der Waals surface area contributed by atoms with Crippen LogP contribution >= 0.6 is 0 Å². The Labute approximate surface area is 85.5 Å². The Morgan fingerprint density at radius 2 is 1.86 bits per heavy atom. The molecule has 1 nitrogen and oxygen atoms in total. The molecular formula is C13H17N. The van der Waals surface area contributed by atoms with E-state index in [-0.39, 0.29) is 0 Å². The van der Waals surface area contributed by atoms with Crippen LogP contribution in [0.5, 0.6) is 0 Å². The van der Waals surface area contributed by atoms with E-state index in [0.29, 0.717) is 0 Å². The Morgan fingerprint density at radius 3 is 2.71 bits per heavy atom. The third kappa shape index (κ3) is 1.27. The largest absolute Gasteiger partial charge is 0.313 e. The minimum atomic E-state index is 0.775. The Morgan fingerprint density at radius 1 is 1.00 bits per heavy atom. The van der Waals surface area contributed by atoms with E-state index >= 15 is 0 Å². The molecule has 3 rings (SSSR count). The lowest BCUT2D eigenvalue weighted by Crippen LogP contribution is -2.28. The standard InChI is InChI=1S/C13H17N/c1-2-4-10(5-3-1)12-7-6-11-8-9-14-13(11)12/h1-5,11-14H,6-9H2.